The van der Waals surface area contributed by atoms with Crippen LogP contribution in [0.2, 0.25) is 0 Å². The summed E-state index contributed by atoms with van der Waals surface area (Å²) in [5.41, 5.74) is 2.14. The first kappa shape index (κ1) is 25.3. The Morgan fingerprint density at radius 3 is 2.48 bits per heavy atom. The number of aromatic nitrogens is 2. The van der Waals surface area contributed by atoms with E-state index in [1.807, 2.05) is 19.1 Å². The van der Waals surface area contributed by atoms with Crippen LogP contribution in [0.5, 0.6) is 0 Å². The summed E-state index contributed by atoms with van der Waals surface area (Å²) >= 11 is 0. The van der Waals surface area contributed by atoms with E-state index in [1.165, 1.54) is 6.07 Å². The van der Waals surface area contributed by atoms with Crippen LogP contribution < -0.4 is 15.5 Å². The van der Waals surface area contributed by atoms with Crippen LogP contribution in [0.3, 0.4) is 0 Å². The molecule has 9 heteroatoms. The maximum Gasteiger partial charge on any atom is 0.225 e. The highest BCUT2D eigenvalue weighted by Crippen LogP contribution is 2.11. The van der Waals surface area contributed by atoms with Crippen LogP contribution in [-0.4, -0.2) is 73.7 Å². The fraction of sp³-hybridized carbons (Fsp3) is 0.500. The van der Waals surface area contributed by atoms with E-state index >= 15 is 0 Å². The number of hydrogen-bond donors (Lipinski definition) is 2. The Bertz CT molecular complexity index is 811. The number of anilines is 1. The second kappa shape index (κ2) is 13.4. The van der Waals surface area contributed by atoms with Gasteiger partial charge in [-0.3, -0.25) is 9.89 Å². The predicted octanol–water partition coefficient (Wildman–Crippen LogP) is 2.46. The summed E-state index contributed by atoms with van der Waals surface area (Å²) in [7, 11) is 1.78. The maximum atomic E-state index is 13.2. The Morgan fingerprint density at radius 1 is 1.10 bits per heavy atom. The number of benzene rings is 1. The van der Waals surface area contributed by atoms with E-state index in [0.717, 1.165) is 81.7 Å². The van der Waals surface area contributed by atoms with Gasteiger partial charge in [-0.2, -0.15) is 0 Å². The zero-order valence-corrected chi connectivity index (χ0v) is 20.7. The largest absolute Gasteiger partial charge is 0.356 e. The maximum absolute atomic E-state index is 13.2. The summed E-state index contributed by atoms with van der Waals surface area (Å²) in [6.07, 6.45) is 5.48. The molecule has 1 aromatic carbocycles. The van der Waals surface area contributed by atoms with Crippen molar-refractivity contribution in [2.75, 3.05) is 57.8 Å². The van der Waals surface area contributed by atoms with Gasteiger partial charge in [0.1, 0.15) is 5.82 Å². The van der Waals surface area contributed by atoms with E-state index < -0.39 is 0 Å². The van der Waals surface area contributed by atoms with Gasteiger partial charge in [-0.25, -0.2) is 14.4 Å². The van der Waals surface area contributed by atoms with Crippen molar-refractivity contribution in [1.82, 2.24) is 25.5 Å². The fourth-order valence-corrected chi connectivity index (χ4v) is 3.61. The quantitative estimate of drug-likeness (QED) is 0.232. The van der Waals surface area contributed by atoms with Crippen molar-refractivity contribution in [3.63, 3.8) is 0 Å². The third-order valence-corrected chi connectivity index (χ3v) is 5.37. The van der Waals surface area contributed by atoms with Crippen LogP contribution in [0.15, 0.2) is 41.7 Å². The second-order valence-corrected chi connectivity index (χ2v) is 7.48. The number of halogens is 2. The van der Waals surface area contributed by atoms with Gasteiger partial charge in [0.25, 0.3) is 0 Å². The first-order chi connectivity index (χ1) is 14.7. The highest BCUT2D eigenvalue weighted by atomic mass is 127. The lowest BCUT2D eigenvalue weighted by atomic mass is 10.1. The zero-order chi connectivity index (χ0) is 21.2. The summed E-state index contributed by atoms with van der Waals surface area (Å²) in [6.45, 7) is 8.62. The molecule has 3 rings (SSSR count). The second-order valence-electron chi connectivity index (χ2n) is 7.48. The Balaban J connectivity index is 0.00000341. The number of hydrogen-bond acceptors (Lipinski definition) is 5. The number of rotatable bonds is 8. The molecule has 1 aliphatic rings. The molecule has 0 unspecified atom stereocenters. The summed E-state index contributed by atoms with van der Waals surface area (Å²) < 4.78 is 13.2. The molecule has 0 amide bonds. The highest BCUT2D eigenvalue weighted by molar-refractivity contribution is 14.0. The van der Waals surface area contributed by atoms with E-state index in [1.54, 1.807) is 25.5 Å². The Hall–Kier alpha value is -2.01. The minimum atomic E-state index is -0.184. The molecule has 2 heterocycles. The van der Waals surface area contributed by atoms with E-state index in [0.29, 0.717) is 0 Å². The van der Waals surface area contributed by atoms with Crippen LogP contribution in [0.4, 0.5) is 10.3 Å². The number of guanidine groups is 1. The van der Waals surface area contributed by atoms with Crippen LogP contribution in [0.25, 0.3) is 0 Å². The number of nitrogens with one attached hydrogen (secondary N) is 2. The normalized spacial score (nSPS) is 14.8. The minimum absolute atomic E-state index is 0. The van der Waals surface area contributed by atoms with Crippen molar-refractivity contribution in [1.29, 1.82) is 0 Å². The van der Waals surface area contributed by atoms with Crippen molar-refractivity contribution >= 4 is 35.9 Å². The molecule has 1 aliphatic heterocycles. The lowest BCUT2D eigenvalue weighted by Gasteiger charge is -2.34. The van der Waals surface area contributed by atoms with Crippen molar-refractivity contribution in [2.45, 2.75) is 19.8 Å². The molecule has 31 heavy (non-hydrogen) atoms. The Morgan fingerprint density at radius 2 is 1.81 bits per heavy atom. The highest BCUT2D eigenvalue weighted by Gasteiger charge is 2.18. The van der Waals surface area contributed by atoms with E-state index in [9.17, 15) is 4.39 Å². The molecule has 0 spiro atoms. The predicted molar refractivity (Wildman–Crippen MR) is 135 cm³/mol. The molecule has 0 aliphatic carbocycles. The van der Waals surface area contributed by atoms with Crippen LogP contribution >= 0.6 is 24.0 Å². The molecular formula is C22H33FIN7. The molecular weight excluding hydrogens is 508 g/mol. The molecule has 0 saturated carbocycles. The topological polar surface area (TPSA) is 68.7 Å². The molecule has 2 N–H and O–H groups in total. The molecule has 0 radical (unpaired) electrons. The fourth-order valence-electron chi connectivity index (χ4n) is 3.61. The first-order valence-corrected chi connectivity index (χ1v) is 10.6. The number of aryl methyl sites for hydroxylation is 1. The Labute approximate surface area is 201 Å². The van der Waals surface area contributed by atoms with Gasteiger partial charge < -0.3 is 15.5 Å². The van der Waals surface area contributed by atoms with Gasteiger partial charge in [0.15, 0.2) is 5.96 Å². The van der Waals surface area contributed by atoms with E-state index in [4.69, 9.17) is 0 Å². The third kappa shape index (κ3) is 8.21. The molecule has 2 aromatic rings. The van der Waals surface area contributed by atoms with Crippen molar-refractivity contribution in [3.05, 3.63) is 53.6 Å². The van der Waals surface area contributed by atoms with Crippen LogP contribution in [-0.2, 0) is 6.42 Å². The average Bonchev–Trinajstić information content (AvgIpc) is 2.78. The SMILES string of the molecule is CN=C(NCCCN1CCN(c2ncccn2)CC1)NCCc1ccc(F)cc1C.I. The van der Waals surface area contributed by atoms with Crippen LogP contribution in [0.1, 0.15) is 17.5 Å². The van der Waals surface area contributed by atoms with Gasteiger partial charge in [0.2, 0.25) is 5.95 Å². The standard InChI is InChI=1S/C22H32FN7.HI/c1-18-17-20(23)6-5-19(18)7-11-26-21(24-2)25-10-4-12-29-13-15-30(16-14-29)22-27-8-3-9-28-22;/h3,5-6,8-9,17H,4,7,10-16H2,1-2H3,(H2,24,25,26);1H. The summed E-state index contributed by atoms with van der Waals surface area (Å²) in [5, 5.41) is 6.71. The number of nitrogens with zero attached hydrogens (tertiary/aromatic N) is 5. The van der Waals surface area contributed by atoms with Gasteiger partial charge in [-0.15, -0.1) is 24.0 Å². The minimum Gasteiger partial charge on any atom is -0.356 e. The zero-order valence-electron chi connectivity index (χ0n) is 18.4. The third-order valence-electron chi connectivity index (χ3n) is 5.37. The number of aliphatic imine (C=N–C) groups is 1. The van der Waals surface area contributed by atoms with Gasteiger partial charge in [-0.1, -0.05) is 6.07 Å². The molecule has 7 nitrogen and oxygen atoms in total. The Kier molecular flexibility index (Phi) is 10.9. The van der Waals surface area contributed by atoms with E-state index in [2.05, 4.69) is 35.4 Å². The molecule has 0 bridgehead atoms. The van der Waals surface area contributed by atoms with Crippen molar-refractivity contribution in [3.8, 4) is 0 Å². The monoisotopic (exact) mass is 541 g/mol. The molecule has 170 valence electrons. The smallest absolute Gasteiger partial charge is 0.225 e. The lowest BCUT2D eigenvalue weighted by Crippen LogP contribution is -2.47. The van der Waals surface area contributed by atoms with Crippen molar-refractivity contribution < 1.29 is 4.39 Å². The van der Waals surface area contributed by atoms with Crippen molar-refractivity contribution in [2.24, 2.45) is 4.99 Å². The summed E-state index contributed by atoms with van der Waals surface area (Å²) in [6, 6.07) is 6.79. The summed E-state index contributed by atoms with van der Waals surface area (Å²) in [4.78, 5) is 17.7. The first-order valence-electron chi connectivity index (χ1n) is 10.6. The molecule has 1 aromatic heterocycles. The van der Waals surface area contributed by atoms with Gasteiger partial charge >= 0.3 is 0 Å². The van der Waals surface area contributed by atoms with E-state index in [-0.39, 0.29) is 29.8 Å². The summed E-state index contributed by atoms with van der Waals surface area (Å²) in [5.74, 6) is 1.45. The average molecular weight is 541 g/mol. The molecule has 1 fully saturated rings. The van der Waals surface area contributed by atoms with Crippen LogP contribution in [0, 0.1) is 12.7 Å². The lowest BCUT2D eigenvalue weighted by molar-refractivity contribution is 0.254. The molecule has 0 atom stereocenters. The van der Waals surface area contributed by atoms with Gasteiger partial charge in [0, 0.05) is 58.7 Å². The molecule has 1 saturated heterocycles. The number of piperazine rings is 1. The van der Waals surface area contributed by atoms with Gasteiger partial charge in [0.05, 0.1) is 0 Å². The van der Waals surface area contributed by atoms with Gasteiger partial charge in [-0.05, 0) is 55.6 Å².